The molecule has 0 spiro atoms. The van der Waals surface area contributed by atoms with Gasteiger partial charge >= 0.3 is 11.9 Å². The van der Waals surface area contributed by atoms with E-state index in [1.807, 2.05) is 18.2 Å². The summed E-state index contributed by atoms with van der Waals surface area (Å²) in [4.78, 5) is 22.9. The third kappa shape index (κ3) is 9.10. The minimum absolute atomic E-state index is 0.189. The fourth-order valence-electron chi connectivity index (χ4n) is 3.85. The molecule has 0 aliphatic rings. The van der Waals surface area contributed by atoms with Gasteiger partial charge in [-0.2, -0.15) is 0 Å². The molecule has 0 aliphatic carbocycles. The van der Waals surface area contributed by atoms with E-state index in [0.717, 1.165) is 49.4 Å². The summed E-state index contributed by atoms with van der Waals surface area (Å²) >= 11 is 0. The van der Waals surface area contributed by atoms with Gasteiger partial charge in [0, 0.05) is 19.3 Å². The molecule has 0 amide bonds. The summed E-state index contributed by atoms with van der Waals surface area (Å²) in [6, 6.07) is 7.59. The molecule has 0 aliphatic heterocycles. The summed E-state index contributed by atoms with van der Waals surface area (Å²) in [5, 5.41) is 18.8. The smallest absolute Gasteiger partial charge is 0.314 e. The number of aliphatic carboxylic acids is 2. The van der Waals surface area contributed by atoms with Gasteiger partial charge in [-0.25, -0.2) is 0 Å². The van der Waals surface area contributed by atoms with Crippen molar-refractivity contribution in [2.45, 2.75) is 98.3 Å². The highest BCUT2D eigenvalue weighted by Crippen LogP contribution is 2.29. The molecule has 0 saturated heterocycles. The Bertz CT molecular complexity index is 896. The Kier molecular flexibility index (Phi) is 9.38. The van der Waals surface area contributed by atoms with Crippen molar-refractivity contribution in [1.82, 2.24) is 0 Å². The molecule has 0 aromatic carbocycles. The summed E-state index contributed by atoms with van der Waals surface area (Å²) in [6.45, 7) is 9.99. The van der Waals surface area contributed by atoms with Crippen LogP contribution in [0, 0.1) is 10.8 Å². The molecule has 0 bridgehead atoms. The molecule has 0 fully saturated rings. The van der Waals surface area contributed by atoms with Gasteiger partial charge < -0.3 is 19.0 Å². The van der Waals surface area contributed by atoms with E-state index in [2.05, 4.69) is 20.8 Å². The largest absolute Gasteiger partial charge is 0.481 e. The Morgan fingerprint density at radius 3 is 1.94 bits per heavy atom. The molecule has 0 radical (unpaired) electrons. The average molecular weight is 461 g/mol. The van der Waals surface area contributed by atoms with Crippen LogP contribution in [-0.2, 0) is 28.9 Å². The fraction of sp³-hybridized carbons (Fsp3) is 0.630. The van der Waals surface area contributed by atoms with E-state index in [9.17, 15) is 19.8 Å². The third-order valence-electron chi connectivity index (χ3n) is 6.13. The lowest BCUT2D eigenvalue weighted by atomic mass is 9.87. The second-order valence-corrected chi connectivity index (χ2v) is 10.9. The monoisotopic (exact) mass is 460 g/mol. The first-order valence-corrected chi connectivity index (χ1v) is 12.0. The highest BCUT2D eigenvalue weighted by Gasteiger charge is 2.26. The van der Waals surface area contributed by atoms with Gasteiger partial charge in [0.2, 0.25) is 0 Å². The van der Waals surface area contributed by atoms with E-state index in [-0.39, 0.29) is 5.41 Å². The lowest BCUT2D eigenvalue weighted by Gasteiger charge is -2.18. The molecule has 2 aromatic rings. The van der Waals surface area contributed by atoms with Gasteiger partial charge in [0.15, 0.2) is 0 Å². The normalized spacial score (nSPS) is 13.2. The van der Waals surface area contributed by atoms with Gasteiger partial charge in [-0.1, -0.05) is 33.6 Å². The second kappa shape index (κ2) is 11.6. The van der Waals surface area contributed by atoms with Gasteiger partial charge in [-0.05, 0) is 69.2 Å². The molecule has 2 rings (SSSR count). The minimum atomic E-state index is -0.841. The van der Waals surface area contributed by atoms with Crippen LogP contribution in [0.3, 0.4) is 0 Å². The molecule has 1 atom stereocenters. The van der Waals surface area contributed by atoms with Gasteiger partial charge in [-0.15, -0.1) is 0 Å². The van der Waals surface area contributed by atoms with Crippen LogP contribution in [0.1, 0.15) is 102 Å². The Balaban J connectivity index is 1.81. The van der Waals surface area contributed by atoms with Crippen molar-refractivity contribution in [3.05, 3.63) is 47.3 Å². The minimum Gasteiger partial charge on any atom is -0.481 e. The Morgan fingerprint density at radius 1 is 0.788 bits per heavy atom. The number of carboxylic acid groups (broad SMARTS) is 2. The lowest BCUT2D eigenvalue weighted by Crippen LogP contribution is -2.23. The van der Waals surface area contributed by atoms with E-state index in [0.29, 0.717) is 31.4 Å². The van der Waals surface area contributed by atoms with Crippen LogP contribution in [0.2, 0.25) is 0 Å². The molecule has 6 heteroatoms. The number of furan rings is 2. The highest BCUT2D eigenvalue weighted by molar-refractivity contribution is 5.75. The predicted molar refractivity (Wildman–Crippen MR) is 127 cm³/mol. The van der Waals surface area contributed by atoms with Gasteiger partial charge in [0.25, 0.3) is 0 Å². The maximum Gasteiger partial charge on any atom is 0.314 e. The molecule has 2 aromatic heterocycles. The number of rotatable bonds is 14. The summed E-state index contributed by atoms with van der Waals surface area (Å²) in [6.07, 6.45) is 6.88. The molecule has 6 nitrogen and oxygen atoms in total. The van der Waals surface area contributed by atoms with Crippen LogP contribution in [0.4, 0.5) is 0 Å². The van der Waals surface area contributed by atoms with Crippen molar-refractivity contribution in [2.75, 3.05) is 0 Å². The Labute approximate surface area is 197 Å². The first kappa shape index (κ1) is 26.7. The highest BCUT2D eigenvalue weighted by atomic mass is 16.4. The van der Waals surface area contributed by atoms with E-state index < -0.39 is 23.3 Å². The Hall–Kier alpha value is -2.50. The van der Waals surface area contributed by atoms with Crippen LogP contribution in [0.5, 0.6) is 0 Å². The van der Waals surface area contributed by atoms with Crippen LogP contribution in [0.15, 0.2) is 33.1 Å². The van der Waals surface area contributed by atoms with E-state index in [4.69, 9.17) is 8.83 Å². The van der Waals surface area contributed by atoms with E-state index in [1.165, 1.54) is 0 Å². The summed E-state index contributed by atoms with van der Waals surface area (Å²) in [5.74, 6) is 0.853. The summed E-state index contributed by atoms with van der Waals surface area (Å²) < 4.78 is 11.8. The van der Waals surface area contributed by atoms with Crippen molar-refractivity contribution in [1.29, 1.82) is 0 Å². The number of aryl methyl sites for hydroxylation is 3. The van der Waals surface area contributed by atoms with Gasteiger partial charge in [0.1, 0.15) is 29.0 Å². The second-order valence-electron chi connectivity index (χ2n) is 10.9. The van der Waals surface area contributed by atoms with Crippen LogP contribution in [-0.4, -0.2) is 22.2 Å². The van der Waals surface area contributed by atoms with Crippen molar-refractivity contribution >= 4 is 11.9 Å². The summed E-state index contributed by atoms with van der Waals surface area (Å²) in [7, 11) is 0. The number of hydrogen-bond acceptors (Lipinski definition) is 4. The topological polar surface area (TPSA) is 101 Å². The van der Waals surface area contributed by atoms with E-state index in [1.54, 1.807) is 19.9 Å². The zero-order chi connectivity index (χ0) is 24.6. The molecular formula is C27H40O6. The number of carboxylic acids is 2. The molecule has 2 N–H and O–H groups in total. The molecule has 0 saturated carbocycles. The maximum atomic E-state index is 11.7. The average Bonchev–Trinajstić information content (AvgIpc) is 3.35. The molecule has 2 heterocycles. The Morgan fingerprint density at radius 2 is 1.36 bits per heavy atom. The van der Waals surface area contributed by atoms with Crippen molar-refractivity contribution in [3.8, 4) is 0 Å². The van der Waals surface area contributed by atoms with Gasteiger partial charge in [0.05, 0.1) is 5.41 Å². The number of hydrogen-bond donors (Lipinski definition) is 2. The first-order chi connectivity index (χ1) is 15.4. The van der Waals surface area contributed by atoms with Crippen LogP contribution >= 0.6 is 0 Å². The summed E-state index contributed by atoms with van der Waals surface area (Å²) in [5.41, 5.74) is -0.503. The van der Waals surface area contributed by atoms with Crippen molar-refractivity contribution in [3.63, 3.8) is 0 Å². The SMILES string of the molecule is CC(C)(C)CCCC(C(=O)O)c1ccc(CCc2ccc(CCCCC(C)(C)C(=O)O)o2)o1. The maximum absolute atomic E-state index is 11.7. The zero-order valence-electron chi connectivity index (χ0n) is 20.8. The van der Waals surface area contributed by atoms with Gasteiger partial charge in [-0.3, -0.25) is 9.59 Å². The number of carbonyl (C=O) groups is 2. The predicted octanol–water partition coefficient (Wildman–Crippen LogP) is 6.87. The van der Waals surface area contributed by atoms with E-state index >= 15 is 0 Å². The third-order valence-corrected chi connectivity index (χ3v) is 6.13. The molecule has 184 valence electrons. The van der Waals surface area contributed by atoms with Crippen molar-refractivity contribution < 1.29 is 28.6 Å². The van der Waals surface area contributed by atoms with Crippen LogP contribution in [0.25, 0.3) is 0 Å². The first-order valence-electron chi connectivity index (χ1n) is 12.0. The zero-order valence-corrected chi connectivity index (χ0v) is 20.8. The van der Waals surface area contributed by atoms with Crippen molar-refractivity contribution in [2.24, 2.45) is 10.8 Å². The quantitative estimate of drug-likeness (QED) is 0.298. The molecular weight excluding hydrogens is 420 g/mol. The fourth-order valence-corrected chi connectivity index (χ4v) is 3.85. The standard InChI is InChI=1S/C27H40O6/c1-26(2,3)17-8-10-22(24(28)29)23-16-15-21(33-23)14-13-20-12-11-19(32-20)9-6-7-18-27(4,5)25(30)31/h11-12,15-16,22H,6-10,13-14,17-18H2,1-5H3,(H,28,29)(H,30,31). The number of unbranched alkanes of at least 4 members (excludes halogenated alkanes) is 1. The lowest BCUT2D eigenvalue weighted by molar-refractivity contribution is -0.147. The molecule has 33 heavy (non-hydrogen) atoms. The van der Waals surface area contributed by atoms with Crippen LogP contribution < -0.4 is 0 Å². The molecule has 1 unspecified atom stereocenters.